The van der Waals surface area contributed by atoms with Crippen LogP contribution in [-0.4, -0.2) is 0 Å². The van der Waals surface area contributed by atoms with Gasteiger partial charge in [-0.15, -0.1) is 0 Å². The summed E-state index contributed by atoms with van der Waals surface area (Å²) in [6, 6.07) is 77.4. The fourth-order valence-corrected chi connectivity index (χ4v) is 11.0. The lowest BCUT2D eigenvalue weighted by Gasteiger charge is -2.33. The molecule has 12 rings (SSSR count). The molecule has 2 nitrogen and oxygen atoms in total. The fourth-order valence-electron chi connectivity index (χ4n) is 11.0. The topological polar surface area (TPSA) is 6.48 Å². The maximum absolute atomic E-state index is 2.58. The number of fused-ring (bicyclic) bond motifs is 4. The van der Waals surface area contributed by atoms with E-state index >= 15 is 0 Å². The van der Waals surface area contributed by atoms with Crippen LogP contribution in [0.2, 0.25) is 0 Å². The Morgan fingerprint density at radius 1 is 0.288 bits per heavy atom. The van der Waals surface area contributed by atoms with Crippen molar-refractivity contribution in [1.29, 1.82) is 0 Å². The molecule has 66 heavy (non-hydrogen) atoms. The molecule has 0 N–H and O–H groups in total. The average Bonchev–Trinajstić information content (AvgIpc) is 3.38. The van der Waals surface area contributed by atoms with E-state index in [-0.39, 0.29) is 0 Å². The summed E-state index contributed by atoms with van der Waals surface area (Å²) < 4.78 is 0. The zero-order valence-corrected chi connectivity index (χ0v) is 38.1. The van der Waals surface area contributed by atoms with Crippen LogP contribution in [0.5, 0.6) is 0 Å². The standard InChI is InChI=1S/C64H52N2/c1-5-41(3)55-39-61(65(57-31-15-23-43-19-7-11-27-47(43)57)58-32-16-24-44-20-8-12-28-48(44)58)53-38-36-52-56(42(4)6-2)40-62(54-37-35-51(55)63(53)64(52)54)66(59-33-17-25-45-21-9-13-29-49(45)59)60-34-18-26-46-22-10-14-30-50(46)60/h7-42H,5-6H2,1-4H3. The van der Waals surface area contributed by atoms with Gasteiger partial charge in [-0.25, -0.2) is 0 Å². The molecule has 2 heteroatoms. The summed E-state index contributed by atoms with van der Waals surface area (Å²) in [5.41, 5.74) is 9.88. The Balaban J connectivity index is 1.26. The van der Waals surface area contributed by atoms with Crippen LogP contribution < -0.4 is 9.80 Å². The van der Waals surface area contributed by atoms with E-state index in [1.165, 1.54) is 121 Å². The van der Waals surface area contributed by atoms with Crippen molar-refractivity contribution in [3.8, 4) is 0 Å². The second-order valence-corrected chi connectivity index (χ2v) is 18.3. The zero-order valence-electron chi connectivity index (χ0n) is 38.1. The van der Waals surface area contributed by atoms with Crippen LogP contribution in [-0.2, 0) is 0 Å². The van der Waals surface area contributed by atoms with Crippen molar-refractivity contribution in [2.24, 2.45) is 0 Å². The monoisotopic (exact) mass is 848 g/mol. The molecular weight excluding hydrogens is 797 g/mol. The van der Waals surface area contributed by atoms with Gasteiger partial charge in [-0.2, -0.15) is 0 Å². The maximum Gasteiger partial charge on any atom is 0.0544 e. The highest BCUT2D eigenvalue weighted by atomic mass is 15.2. The van der Waals surface area contributed by atoms with E-state index in [2.05, 4.69) is 244 Å². The molecule has 0 aliphatic heterocycles. The molecular formula is C64H52N2. The number of benzene rings is 12. The van der Waals surface area contributed by atoms with Gasteiger partial charge >= 0.3 is 0 Å². The number of hydrogen-bond donors (Lipinski definition) is 0. The third-order valence-corrected chi connectivity index (χ3v) is 14.7. The quantitative estimate of drug-likeness (QED) is 0.127. The number of nitrogens with zero attached hydrogens (tertiary/aromatic N) is 2. The van der Waals surface area contributed by atoms with Gasteiger partial charge in [0.15, 0.2) is 0 Å². The van der Waals surface area contributed by atoms with E-state index in [4.69, 9.17) is 0 Å². The normalized spacial score (nSPS) is 12.8. The Hall–Kier alpha value is -7.68. The Kier molecular flexibility index (Phi) is 9.72. The third kappa shape index (κ3) is 6.23. The minimum Gasteiger partial charge on any atom is -0.309 e. The lowest BCUT2D eigenvalue weighted by molar-refractivity contribution is 0.739. The fraction of sp³-hybridized carbons (Fsp3) is 0.125. The minimum atomic E-state index is 0.326. The predicted molar refractivity (Wildman–Crippen MR) is 287 cm³/mol. The van der Waals surface area contributed by atoms with E-state index in [0.717, 1.165) is 12.8 Å². The highest BCUT2D eigenvalue weighted by Crippen LogP contribution is 2.53. The van der Waals surface area contributed by atoms with Crippen molar-refractivity contribution < 1.29 is 0 Å². The molecule has 0 aliphatic rings. The highest BCUT2D eigenvalue weighted by Gasteiger charge is 2.28. The van der Waals surface area contributed by atoms with Gasteiger partial charge in [0.2, 0.25) is 0 Å². The lowest BCUT2D eigenvalue weighted by atomic mass is 9.82. The van der Waals surface area contributed by atoms with Crippen LogP contribution in [0.4, 0.5) is 34.1 Å². The second-order valence-electron chi connectivity index (χ2n) is 18.3. The van der Waals surface area contributed by atoms with Crippen LogP contribution in [0.25, 0.3) is 75.4 Å². The van der Waals surface area contributed by atoms with Gasteiger partial charge in [-0.3, -0.25) is 0 Å². The summed E-state index contributed by atoms with van der Waals surface area (Å²) in [6.45, 7) is 9.49. The molecule has 12 aromatic carbocycles. The molecule has 0 heterocycles. The first-order chi connectivity index (χ1) is 32.5. The molecule has 2 atom stereocenters. The first-order valence-electron chi connectivity index (χ1n) is 23.8. The van der Waals surface area contributed by atoms with Crippen molar-refractivity contribution in [3.63, 3.8) is 0 Å². The van der Waals surface area contributed by atoms with Crippen molar-refractivity contribution in [2.45, 2.75) is 52.4 Å². The lowest BCUT2D eigenvalue weighted by Crippen LogP contribution is -2.14. The first kappa shape index (κ1) is 39.9. The van der Waals surface area contributed by atoms with Gasteiger partial charge in [0.25, 0.3) is 0 Å². The van der Waals surface area contributed by atoms with E-state index in [9.17, 15) is 0 Å². The molecule has 0 saturated heterocycles. The Bertz CT molecular complexity index is 3380. The molecule has 2 unspecified atom stereocenters. The van der Waals surface area contributed by atoms with Crippen molar-refractivity contribution in [3.05, 3.63) is 217 Å². The van der Waals surface area contributed by atoms with Gasteiger partial charge in [0.1, 0.15) is 0 Å². The second kappa shape index (κ2) is 16.1. The summed E-state index contributed by atoms with van der Waals surface area (Å²) in [7, 11) is 0. The molecule has 0 saturated carbocycles. The van der Waals surface area contributed by atoms with Crippen molar-refractivity contribution >= 4 is 110 Å². The highest BCUT2D eigenvalue weighted by molar-refractivity contribution is 6.30. The van der Waals surface area contributed by atoms with E-state index in [0.29, 0.717) is 11.8 Å². The van der Waals surface area contributed by atoms with E-state index in [1.807, 2.05) is 0 Å². The van der Waals surface area contributed by atoms with Crippen molar-refractivity contribution in [2.75, 3.05) is 9.80 Å². The van der Waals surface area contributed by atoms with Gasteiger partial charge in [-0.1, -0.05) is 198 Å². The molecule has 0 bridgehead atoms. The minimum absolute atomic E-state index is 0.326. The third-order valence-electron chi connectivity index (χ3n) is 14.7. The van der Waals surface area contributed by atoms with E-state index < -0.39 is 0 Å². The zero-order chi connectivity index (χ0) is 44.5. The van der Waals surface area contributed by atoms with Gasteiger partial charge in [0.05, 0.1) is 34.1 Å². The summed E-state index contributed by atoms with van der Waals surface area (Å²) in [5, 5.41) is 17.7. The maximum atomic E-state index is 2.58. The molecule has 0 aromatic heterocycles. The van der Waals surface area contributed by atoms with Crippen LogP contribution in [0.15, 0.2) is 206 Å². The van der Waals surface area contributed by atoms with Crippen LogP contribution in [0.3, 0.4) is 0 Å². The van der Waals surface area contributed by atoms with Gasteiger partial charge < -0.3 is 9.80 Å². The SMILES string of the molecule is CCC(C)c1cc(N(c2cccc3ccccc23)c2cccc3ccccc23)c2ccc3c(C(C)CC)cc(N(c4cccc5ccccc45)c4cccc5ccccc45)c4ccc1c2c34. The summed E-state index contributed by atoms with van der Waals surface area (Å²) in [5.74, 6) is 0.651. The molecule has 0 amide bonds. The molecule has 0 spiro atoms. The summed E-state index contributed by atoms with van der Waals surface area (Å²) in [4.78, 5) is 5.16. The summed E-state index contributed by atoms with van der Waals surface area (Å²) >= 11 is 0. The Morgan fingerprint density at radius 2 is 0.561 bits per heavy atom. The smallest absolute Gasteiger partial charge is 0.0544 e. The largest absolute Gasteiger partial charge is 0.309 e. The molecule has 318 valence electrons. The van der Waals surface area contributed by atoms with Gasteiger partial charge in [-0.05, 0) is 115 Å². The number of anilines is 6. The van der Waals surface area contributed by atoms with Crippen LogP contribution in [0.1, 0.15) is 63.5 Å². The van der Waals surface area contributed by atoms with Crippen molar-refractivity contribution in [1.82, 2.24) is 0 Å². The molecule has 0 radical (unpaired) electrons. The Labute approximate surface area is 387 Å². The van der Waals surface area contributed by atoms with Gasteiger partial charge in [0, 0.05) is 32.3 Å². The predicted octanol–water partition coefficient (Wildman–Crippen LogP) is 19.2. The molecule has 12 aromatic rings. The number of hydrogen-bond acceptors (Lipinski definition) is 2. The molecule has 0 aliphatic carbocycles. The average molecular weight is 849 g/mol. The van der Waals surface area contributed by atoms with E-state index in [1.54, 1.807) is 0 Å². The molecule has 0 fully saturated rings. The van der Waals surface area contributed by atoms with Crippen LogP contribution in [0, 0.1) is 0 Å². The summed E-state index contributed by atoms with van der Waals surface area (Å²) in [6.07, 6.45) is 2.07. The number of rotatable bonds is 10. The Morgan fingerprint density at radius 3 is 0.864 bits per heavy atom. The van der Waals surface area contributed by atoms with Crippen LogP contribution >= 0.6 is 0 Å². The first-order valence-corrected chi connectivity index (χ1v) is 23.8.